The number of allylic oxidation sites excluding steroid dienone is 4. The van der Waals surface area contributed by atoms with Gasteiger partial charge in [0.2, 0.25) is 5.91 Å². The molecule has 0 aliphatic carbocycles. The summed E-state index contributed by atoms with van der Waals surface area (Å²) in [6.45, 7) is 7.17. The zero-order valence-corrected chi connectivity index (χ0v) is 12.5. The molecule has 0 radical (unpaired) electrons. The van der Waals surface area contributed by atoms with E-state index in [4.69, 9.17) is 5.73 Å². The Morgan fingerprint density at radius 1 is 1.35 bits per heavy atom. The lowest BCUT2D eigenvalue weighted by Gasteiger charge is -2.00. The van der Waals surface area contributed by atoms with Gasteiger partial charge >= 0.3 is 0 Å². The standard InChI is InChI=1S/C16H23N3O/c1-13(2)5-4-6-14(3)9-10-19-11-15(18-12-19)7-8-16(17)20/h5,7-9,11-12H,4,6,10H2,1-3H3,(H2,17,20)/b8-7+,14-9+. The fraction of sp³-hybridized carbons (Fsp3) is 0.375. The number of rotatable bonds is 7. The van der Waals surface area contributed by atoms with Crippen molar-refractivity contribution in [2.24, 2.45) is 5.73 Å². The Kier molecular flexibility index (Phi) is 6.50. The number of nitrogens with two attached hydrogens (primary N) is 1. The number of aromatic nitrogens is 2. The summed E-state index contributed by atoms with van der Waals surface area (Å²) in [4.78, 5) is 14.8. The largest absolute Gasteiger partial charge is 0.366 e. The third-order valence-corrected chi connectivity index (χ3v) is 2.81. The summed E-state index contributed by atoms with van der Waals surface area (Å²) >= 11 is 0. The first kappa shape index (κ1) is 16.0. The highest BCUT2D eigenvalue weighted by Gasteiger charge is 1.95. The Labute approximate surface area is 120 Å². The molecule has 4 heteroatoms. The predicted octanol–water partition coefficient (Wildman–Crippen LogP) is 3.07. The second-order valence-corrected chi connectivity index (χ2v) is 5.10. The van der Waals surface area contributed by atoms with Crippen molar-refractivity contribution >= 4 is 12.0 Å². The molecule has 0 saturated carbocycles. The second kappa shape index (κ2) is 8.15. The number of carbonyl (C=O) groups excluding carboxylic acids is 1. The molecular formula is C16H23N3O. The molecule has 0 bridgehead atoms. The summed E-state index contributed by atoms with van der Waals surface area (Å²) in [7, 11) is 0. The molecule has 4 nitrogen and oxygen atoms in total. The van der Waals surface area contributed by atoms with E-state index < -0.39 is 5.91 Å². The van der Waals surface area contributed by atoms with Gasteiger partial charge in [0.25, 0.3) is 0 Å². The summed E-state index contributed by atoms with van der Waals surface area (Å²) in [5.41, 5.74) is 8.50. The summed E-state index contributed by atoms with van der Waals surface area (Å²) in [6, 6.07) is 0. The monoisotopic (exact) mass is 273 g/mol. The summed E-state index contributed by atoms with van der Waals surface area (Å²) < 4.78 is 1.98. The van der Waals surface area contributed by atoms with Crippen molar-refractivity contribution in [3.8, 4) is 0 Å². The lowest BCUT2D eigenvalue weighted by molar-refractivity contribution is -0.113. The van der Waals surface area contributed by atoms with Gasteiger partial charge in [-0.2, -0.15) is 0 Å². The van der Waals surface area contributed by atoms with Crippen molar-refractivity contribution in [3.05, 3.63) is 47.6 Å². The quantitative estimate of drug-likeness (QED) is 0.613. The molecule has 0 aromatic carbocycles. The van der Waals surface area contributed by atoms with E-state index >= 15 is 0 Å². The van der Waals surface area contributed by atoms with Crippen LogP contribution >= 0.6 is 0 Å². The van der Waals surface area contributed by atoms with E-state index in [-0.39, 0.29) is 0 Å². The van der Waals surface area contributed by atoms with Gasteiger partial charge < -0.3 is 10.3 Å². The molecule has 1 aromatic heterocycles. The molecule has 1 rings (SSSR count). The molecule has 0 saturated heterocycles. The van der Waals surface area contributed by atoms with Gasteiger partial charge in [-0.05, 0) is 39.7 Å². The molecule has 0 unspecified atom stereocenters. The van der Waals surface area contributed by atoms with E-state index in [0.29, 0.717) is 0 Å². The SMILES string of the molecule is CC(C)=CCC/C(C)=C/Cn1cnc(/C=C/C(N)=O)c1. The van der Waals surface area contributed by atoms with Gasteiger partial charge in [-0.1, -0.05) is 23.3 Å². The van der Waals surface area contributed by atoms with Crippen LogP contribution in [0.3, 0.4) is 0 Å². The average molecular weight is 273 g/mol. The van der Waals surface area contributed by atoms with Crippen LogP contribution in [0.25, 0.3) is 6.08 Å². The molecule has 0 atom stereocenters. The van der Waals surface area contributed by atoms with Gasteiger partial charge in [-0.3, -0.25) is 4.79 Å². The normalized spacial score (nSPS) is 11.8. The highest BCUT2D eigenvalue weighted by Crippen LogP contribution is 2.07. The molecule has 20 heavy (non-hydrogen) atoms. The number of imidazole rings is 1. The molecule has 1 heterocycles. The van der Waals surface area contributed by atoms with Gasteiger partial charge in [0.05, 0.1) is 12.0 Å². The van der Waals surface area contributed by atoms with Crippen LogP contribution in [0, 0.1) is 0 Å². The second-order valence-electron chi connectivity index (χ2n) is 5.10. The maximum absolute atomic E-state index is 10.6. The molecule has 0 fully saturated rings. The fourth-order valence-electron chi connectivity index (χ4n) is 1.68. The molecule has 108 valence electrons. The number of hydrogen-bond donors (Lipinski definition) is 1. The number of carbonyl (C=O) groups is 1. The molecule has 0 aliphatic rings. The van der Waals surface area contributed by atoms with Crippen molar-refractivity contribution < 1.29 is 4.79 Å². The van der Waals surface area contributed by atoms with Crippen LogP contribution in [-0.2, 0) is 11.3 Å². The first-order valence-electron chi connectivity index (χ1n) is 6.75. The molecule has 1 aromatic rings. The minimum Gasteiger partial charge on any atom is -0.366 e. The van der Waals surface area contributed by atoms with Crippen LogP contribution in [0.4, 0.5) is 0 Å². The minimum atomic E-state index is -0.463. The molecule has 2 N–H and O–H groups in total. The Morgan fingerprint density at radius 3 is 2.75 bits per heavy atom. The van der Waals surface area contributed by atoms with Crippen molar-refractivity contribution in [1.29, 1.82) is 0 Å². The third kappa shape index (κ3) is 6.73. The Balaban J connectivity index is 2.48. The van der Waals surface area contributed by atoms with Gasteiger partial charge in [0.1, 0.15) is 0 Å². The average Bonchev–Trinajstić information content (AvgIpc) is 2.81. The molecular weight excluding hydrogens is 250 g/mol. The summed E-state index contributed by atoms with van der Waals surface area (Å²) in [5, 5.41) is 0. The first-order valence-corrected chi connectivity index (χ1v) is 6.75. The van der Waals surface area contributed by atoms with Crippen LogP contribution in [0.2, 0.25) is 0 Å². The van der Waals surface area contributed by atoms with E-state index in [9.17, 15) is 4.79 Å². The highest BCUT2D eigenvalue weighted by molar-refractivity contribution is 5.89. The minimum absolute atomic E-state index is 0.463. The highest BCUT2D eigenvalue weighted by atomic mass is 16.1. The summed E-state index contributed by atoms with van der Waals surface area (Å²) in [6.07, 6.45) is 13.2. The molecule has 0 spiro atoms. The zero-order valence-electron chi connectivity index (χ0n) is 12.5. The Morgan fingerprint density at radius 2 is 2.10 bits per heavy atom. The van der Waals surface area contributed by atoms with Crippen LogP contribution < -0.4 is 5.73 Å². The van der Waals surface area contributed by atoms with E-state index in [1.54, 1.807) is 12.4 Å². The number of nitrogens with zero attached hydrogens (tertiary/aromatic N) is 2. The van der Waals surface area contributed by atoms with Crippen LogP contribution in [0.5, 0.6) is 0 Å². The van der Waals surface area contributed by atoms with Crippen LogP contribution in [-0.4, -0.2) is 15.5 Å². The lowest BCUT2D eigenvalue weighted by Crippen LogP contribution is -2.05. The van der Waals surface area contributed by atoms with Crippen LogP contribution in [0.15, 0.2) is 41.9 Å². The van der Waals surface area contributed by atoms with E-state index in [1.807, 2.05) is 10.8 Å². The van der Waals surface area contributed by atoms with E-state index in [2.05, 4.69) is 37.9 Å². The van der Waals surface area contributed by atoms with Crippen molar-refractivity contribution in [1.82, 2.24) is 9.55 Å². The first-order chi connectivity index (χ1) is 9.47. The topological polar surface area (TPSA) is 60.9 Å². The number of hydrogen-bond acceptors (Lipinski definition) is 2. The van der Waals surface area contributed by atoms with Crippen molar-refractivity contribution in [3.63, 3.8) is 0 Å². The van der Waals surface area contributed by atoms with Gasteiger partial charge in [-0.25, -0.2) is 4.98 Å². The van der Waals surface area contributed by atoms with Gasteiger partial charge in [0, 0.05) is 18.8 Å². The molecule has 0 aliphatic heterocycles. The third-order valence-electron chi connectivity index (χ3n) is 2.81. The smallest absolute Gasteiger partial charge is 0.241 e. The Hall–Kier alpha value is -2.10. The number of amides is 1. The predicted molar refractivity (Wildman–Crippen MR) is 82.9 cm³/mol. The van der Waals surface area contributed by atoms with E-state index in [0.717, 1.165) is 25.1 Å². The van der Waals surface area contributed by atoms with Gasteiger partial charge in [-0.15, -0.1) is 0 Å². The van der Waals surface area contributed by atoms with Crippen LogP contribution in [0.1, 0.15) is 39.3 Å². The number of primary amides is 1. The molecule has 1 amide bonds. The van der Waals surface area contributed by atoms with Crippen molar-refractivity contribution in [2.75, 3.05) is 0 Å². The zero-order chi connectivity index (χ0) is 15.0. The van der Waals surface area contributed by atoms with Gasteiger partial charge in [0.15, 0.2) is 0 Å². The van der Waals surface area contributed by atoms with E-state index in [1.165, 1.54) is 17.2 Å². The maximum Gasteiger partial charge on any atom is 0.241 e. The summed E-state index contributed by atoms with van der Waals surface area (Å²) in [5.74, 6) is -0.463. The van der Waals surface area contributed by atoms with Crippen molar-refractivity contribution in [2.45, 2.75) is 40.2 Å². The lowest BCUT2D eigenvalue weighted by atomic mass is 10.1. The maximum atomic E-state index is 10.6. The fourth-order valence-corrected chi connectivity index (χ4v) is 1.68. The Bertz CT molecular complexity index is 532.